The monoisotopic (exact) mass is 474 g/mol. The summed E-state index contributed by atoms with van der Waals surface area (Å²) in [6.45, 7) is 0. The van der Waals surface area contributed by atoms with Gasteiger partial charge in [-0.05, 0) is 48.5 Å². The van der Waals surface area contributed by atoms with E-state index >= 15 is 0 Å². The zero-order valence-corrected chi connectivity index (χ0v) is 17.5. The Kier molecular flexibility index (Phi) is 5.66. The van der Waals surface area contributed by atoms with Gasteiger partial charge in [0.05, 0.1) is 0 Å². The number of hydrogen-bond donors (Lipinski definition) is 0. The fraction of sp³-hybridized carbons (Fsp3) is 0.182. The molecule has 2 aliphatic heterocycles. The van der Waals surface area contributed by atoms with Gasteiger partial charge in [-0.2, -0.15) is 0 Å². The summed E-state index contributed by atoms with van der Waals surface area (Å²) in [5.74, 6) is -9.97. The Balaban J connectivity index is 1.71. The van der Waals surface area contributed by atoms with E-state index in [0.29, 0.717) is 10.0 Å². The minimum Gasteiger partial charge on any atom is -0.451 e. The quantitative estimate of drug-likeness (QED) is 0.280. The van der Waals surface area contributed by atoms with Gasteiger partial charge in [0.25, 0.3) is 11.6 Å². The molecule has 0 bridgehead atoms. The summed E-state index contributed by atoms with van der Waals surface area (Å²) in [7, 11) is 0. The number of halogens is 2. The summed E-state index contributed by atoms with van der Waals surface area (Å²) in [6.07, 6.45) is -3.29. The van der Waals surface area contributed by atoms with Gasteiger partial charge in [0.1, 0.15) is 11.8 Å². The van der Waals surface area contributed by atoms with Crippen LogP contribution in [0.1, 0.15) is 20.7 Å². The van der Waals surface area contributed by atoms with Crippen LogP contribution in [0.15, 0.2) is 48.5 Å². The average Bonchev–Trinajstić information content (AvgIpc) is 3.23. The first kappa shape index (κ1) is 21.9. The molecule has 0 radical (unpaired) electrons. The van der Waals surface area contributed by atoms with Crippen LogP contribution in [0.5, 0.6) is 0 Å². The largest absolute Gasteiger partial charge is 0.451 e. The summed E-state index contributed by atoms with van der Waals surface area (Å²) in [5, 5.41) is 0.680. The molecular weight excluding hydrogens is 463 g/mol. The van der Waals surface area contributed by atoms with Crippen molar-refractivity contribution in [3.63, 3.8) is 0 Å². The van der Waals surface area contributed by atoms with Crippen molar-refractivity contribution in [1.29, 1.82) is 0 Å². The second kappa shape index (κ2) is 8.29. The van der Waals surface area contributed by atoms with Crippen LogP contribution in [-0.2, 0) is 28.7 Å². The van der Waals surface area contributed by atoms with E-state index in [0.717, 1.165) is 0 Å². The van der Waals surface area contributed by atoms with Crippen LogP contribution in [0.4, 0.5) is 0 Å². The molecule has 2 aliphatic rings. The topological polar surface area (TPSA) is 121 Å². The van der Waals surface area contributed by atoms with Gasteiger partial charge < -0.3 is 9.47 Å². The normalized spacial score (nSPS) is 24.9. The van der Waals surface area contributed by atoms with Crippen molar-refractivity contribution >= 4 is 58.3 Å². The molecule has 10 heteroatoms. The van der Waals surface area contributed by atoms with Gasteiger partial charge in [-0.25, -0.2) is 9.59 Å². The second-order valence-electron chi connectivity index (χ2n) is 7.17. The van der Waals surface area contributed by atoms with E-state index in [1.807, 2.05) is 0 Å². The Labute approximate surface area is 190 Å². The molecule has 4 rings (SSSR count). The molecule has 2 aromatic rings. The van der Waals surface area contributed by atoms with Crippen molar-refractivity contribution in [3.05, 3.63) is 69.7 Å². The van der Waals surface area contributed by atoms with Crippen molar-refractivity contribution in [2.75, 3.05) is 0 Å². The SMILES string of the molecule is O=C1OC(C2OC(=O)C(=O)C2C(=O)c2ccc(Cl)cc2)C(C(=O)c2ccc(Cl)cc2)C1=O. The van der Waals surface area contributed by atoms with E-state index in [1.165, 1.54) is 48.5 Å². The third-order valence-electron chi connectivity index (χ3n) is 5.26. The van der Waals surface area contributed by atoms with E-state index in [4.69, 9.17) is 32.7 Å². The molecule has 0 aliphatic carbocycles. The minimum absolute atomic E-state index is 0.0484. The average molecular weight is 475 g/mol. The molecule has 8 nitrogen and oxygen atoms in total. The molecule has 4 atom stereocenters. The summed E-state index contributed by atoms with van der Waals surface area (Å²) in [5.41, 5.74) is 0.0968. The van der Waals surface area contributed by atoms with Gasteiger partial charge in [-0.3, -0.25) is 19.2 Å². The maximum atomic E-state index is 13.0. The molecule has 4 unspecified atom stereocenters. The number of carbonyl (C=O) groups excluding carboxylic acids is 6. The molecule has 0 aromatic heterocycles. The first-order valence-electron chi connectivity index (χ1n) is 9.28. The van der Waals surface area contributed by atoms with E-state index in [2.05, 4.69) is 0 Å². The van der Waals surface area contributed by atoms with Crippen LogP contribution in [0.25, 0.3) is 0 Å². The van der Waals surface area contributed by atoms with Crippen LogP contribution >= 0.6 is 23.2 Å². The highest BCUT2D eigenvalue weighted by Crippen LogP contribution is 2.35. The number of hydrogen-bond acceptors (Lipinski definition) is 8. The molecule has 2 aromatic carbocycles. The number of ether oxygens (including phenoxy) is 2. The Hall–Kier alpha value is -3.36. The minimum atomic E-state index is -1.70. The van der Waals surface area contributed by atoms with Crippen LogP contribution in [0.3, 0.4) is 0 Å². The number of rotatable bonds is 5. The number of ketones is 4. The fourth-order valence-corrected chi connectivity index (χ4v) is 3.94. The van der Waals surface area contributed by atoms with E-state index in [-0.39, 0.29) is 11.1 Å². The van der Waals surface area contributed by atoms with Crippen LogP contribution < -0.4 is 0 Å². The summed E-state index contributed by atoms with van der Waals surface area (Å²) < 4.78 is 10.1. The first-order chi connectivity index (χ1) is 15.2. The van der Waals surface area contributed by atoms with Gasteiger partial charge in [-0.15, -0.1) is 0 Å². The van der Waals surface area contributed by atoms with Crippen LogP contribution in [-0.4, -0.2) is 47.3 Å². The van der Waals surface area contributed by atoms with E-state index in [1.54, 1.807) is 0 Å². The van der Waals surface area contributed by atoms with E-state index in [9.17, 15) is 28.8 Å². The van der Waals surface area contributed by atoms with Crippen molar-refractivity contribution in [2.45, 2.75) is 12.2 Å². The molecule has 2 fully saturated rings. The predicted octanol–water partition coefficient (Wildman–Crippen LogP) is 2.28. The lowest BCUT2D eigenvalue weighted by molar-refractivity contribution is -0.157. The lowest BCUT2D eigenvalue weighted by Crippen LogP contribution is -2.44. The molecule has 32 heavy (non-hydrogen) atoms. The number of benzene rings is 2. The third kappa shape index (κ3) is 3.72. The summed E-state index contributed by atoms with van der Waals surface area (Å²) in [6, 6.07) is 11.0. The molecular formula is C22H12Cl2O8. The molecule has 0 N–H and O–H groups in total. The maximum Gasteiger partial charge on any atom is 0.376 e. The molecule has 0 amide bonds. The fourth-order valence-electron chi connectivity index (χ4n) is 3.69. The highest BCUT2D eigenvalue weighted by Gasteiger charge is 2.60. The summed E-state index contributed by atoms with van der Waals surface area (Å²) in [4.78, 5) is 75.0. The van der Waals surface area contributed by atoms with Gasteiger partial charge in [0.15, 0.2) is 23.8 Å². The summed E-state index contributed by atoms with van der Waals surface area (Å²) >= 11 is 11.6. The molecule has 0 spiro atoms. The lowest BCUT2D eigenvalue weighted by atomic mass is 9.81. The van der Waals surface area contributed by atoms with Crippen molar-refractivity contribution in [2.24, 2.45) is 11.8 Å². The Morgan fingerprint density at radius 3 is 1.22 bits per heavy atom. The zero-order valence-electron chi connectivity index (χ0n) is 16.0. The van der Waals surface area contributed by atoms with Crippen LogP contribution in [0.2, 0.25) is 10.0 Å². The first-order valence-corrected chi connectivity index (χ1v) is 10.0. The highest BCUT2D eigenvalue weighted by molar-refractivity contribution is 6.43. The standard InChI is InChI=1S/C22H12Cl2O8/c23-11-5-1-9(2-6-11)15(25)13-17(27)21(29)31-19(13)20-14(18(28)22(30)32-20)16(26)10-3-7-12(24)8-4-10/h1-8,13-14,19-20H. The van der Waals surface area contributed by atoms with Crippen molar-refractivity contribution < 1.29 is 38.2 Å². The Morgan fingerprint density at radius 1 is 0.594 bits per heavy atom. The molecule has 2 saturated heterocycles. The number of cyclic esters (lactones) is 2. The van der Waals surface area contributed by atoms with Gasteiger partial charge >= 0.3 is 11.9 Å². The van der Waals surface area contributed by atoms with Gasteiger partial charge in [0.2, 0.25) is 0 Å². The van der Waals surface area contributed by atoms with Crippen LogP contribution in [0, 0.1) is 11.8 Å². The van der Waals surface area contributed by atoms with Crippen molar-refractivity contribution in [3.8, 4) is 0 Å². The highest BCUT2D eigenvalue weighted by atomic mass is 35.5. The van der Waals surface area contributed by atoms with Crippen molar-refractivity contribution in [1.82, 2.24) is 0 Å². The Morgan fingerprint density at radius 2 is 0.906 bits per heavy atom. The Bertz CT molecular complexity index is 1080. The second-order valence-corrected chi connectivity index (χ2v) is 8.04. The number of carbonyl (C=O) groups is 6. The third-order valence-corrected chi connectivity index (χ3v) is 5.76. The van der Waals surface area contributed by atoms with Gasteiger partial charge in [-0.1, -0.05) is 23.2 Å². The smallest absolute Gasteiger partial charge is 0.376 e. The lowest BCUT2D eigenvalue weighted by Gasteiger charge is -2.24. The van der Waals surface area contributed by atoms with Gasteiger partial charge in [0, 0.05) is 21.2 Å². The molecule has 2 heterocycles. The molecule has 162 valence electrons. The van der Waals surface area contributed by atoms with E-state index < -0.39 is 59.1 Å². The number of esters is 2. The molecule has 0 saturated carbocycles. The zero-order chi connectivity index (χ0) is 23.2. The predicted molar refractivity (Wildman–Crippen MR) is 108 cm³/mol. The number of Topliss-reactive ketones (excluding diaryl/α,β-unsaturated/α-hetero) is 4. The maximum absolute atomic E-state index is 13.0.